The molecule has 2 atom stereocenters. The van der Waals surface area contributed by atoms with E-state index in [1.165, 1.54) is 11.2 Å². The van der Waals surface area contributed by atoms with Crippen molar-refractivity contribution in [2.75, 3.05) is 0 Å². The third-order valence-corrected chi connectivity index (χ3v) is 4.01. The Balaban J connectivity index is 2.64. The van der Waals surface area contributed by atoms with Crippen molar-refractivity contribution in [3.8, 4) is 0 Å². The number of thiol groups is 2. The highest BCUT2D eigenvalue weighted by atomic mass is 32.1. The molecule has 19 heavy (non-hydrogen) atoms. The van der Waals surface area contributed by atoms with Crippen LogP contribution in [0.3, 0.4) is 0 Å². The van der Waals surface area contributed by atoms with E-state index in [-0.39, 0.29) is 17.4 Å². The molecule has 0 aliphatic heterocycles. The molecule has 1 aromatic heterocycles. The number of ether oxygens (including phenoxy) is 1. The largest absolute Gasteiger partial charge is 0.444 e. The summed E-state index contributed by atoms with van der Waals surface area (Å²) in [6.45, 7) is 5.85. The van der Waals surface area contributed by atoms with E-state index in [0.717, 1.165) is 24.1 Å². The van der Waals surface area contributed by atoms with Gasteiger partial charge in [0.05, 0.1) is 22.0 Å². The van der Waals surface area contributed by atoms with Gasteiger partial charge in [0.15, 0.2) is 0 Å². The first-order valence-corrected chi connectivity index (χ1v) is 7.25. The summed E-state index contributed by atoms with van der Waals surface area (Å²) in [7, 11) is 0. The summed E-state index contributed by atoms with van der Waals surface area (Å²) in [5.41, 5.74) is 1.47. The van der Waals surface area contributed by atoms with Crippen LogP contribution in [0.5, 0.6) is 0 Å². The lowest BCUT2D eigenvalue weighted by atomic mass is 10.3. The van der Waals surface area contributed by atoms with E-state index in [4.69, 9.17) is 9.26 Å². The van der Waals surface area contributed by atoms with Crippen molar-refractivity contribution in [3.63, 3.8) is 0 Å². The fraction of sp³-hybridized carbons (Fsp3) is 0.667. The maximum absolute atomic E-state index is 12.1. The molecule has 0 saturated heterocycles. The van der Waals surface area contributed by atoms with E-state index >= 15 is 0 Å². The molecule has 1 amide bonds. The predicted octanol–water partition coefficient (Wildman–Crippen LogP) is 3.25. The van der Waals surface area contributed by atoms with E-state index in [1.54, 1.807) is 6.92 Å². The van der Waals surface area contributed by atoms with Gasteiger partial charge in [0.1, 0.15) is 12.9 Å². The smallest absolute Gasteiger partial charge is 0.411 e. The van der Waals surface area contributed by atoms with Gasteiger partial charge in [-0.3, -0.25) is 4.90 Å². The molecule has 5 nitrogen and oxygen atoms in total. The number of amides is 1. The second-order valence-corrected chi connectivity index (χ2v) is 5.36. The maximum Gasteiger partial charge on any atom is 0.411 e. The molecular formula is C12H20N2O3S2. The number of aryl methyl sites for hydroxylation is 1. The summed E-state index contributed by atoms with van der Waals surface area (Å²) in [6.07, 6.45) is 2.50. The van der Waals surface area contributed by atoms with Crippen molar-refractivity contribution < 1.29 is 14.1 Å². The molecular weight excluding hydrogens is 284 g/mol. The minimum Gasteiger partial charge on any atom is -0.444 e. The van der Waals surface area contributed by atoms with E-state index in [1.807, 2.05) is 13.8 Å². The molecule has 1 heterocycles. The molecule has 0 aliphatic carbocycles. The molecule has 0 N–H and O–H groups in total. The highest BCUT2D eigenvalue weighted by Gasteiger charge is 2.26. The van der Waals surface area contributed by atoms with Crippen LogP contribution in [0.4, 0.5) is 4.79 Å². The van der Waals surface area contributed by atoms with Crippen LogP contribution < -0.4 is 0 Å². The van der Waals surface area contributed by atoms with Crippen LogP contribution in [0.2, 0.25) is 0 Å². The highest BCUT2D eigenvalue weighted by Crippen LogP contribution is 2.20. The van der Waals surface area contributed by atoms with Gasteiger partial charge in [-0.1, -0.05) is 19.0 Å². The van der Waals surface area contributed by atoms with Crippen LogP contribution in [0, 0.1) is 6.92 Å². The van der Waals surface area contributed by atoms with Gasteiger partial charge in [-0.2, -0.15) is 25.3 Å². The molecule has 0 radical (unpaired) electrons. The van der Waals surface area contributed by atoms with Gasteiger partial charge in [-0.05, 0) is 19.8 Å². The molecule has 1 rings (SSSR count). The lowest BCUT2D eigenvalue weighted by molar-refractivity contribution is 0.0878. The molecule has 0 bridgehead atoms. The van der Waals surface area contributed by atoms with Crippen molar-refractivity contribution in [1.82, 2.24) is 10.1 Å². The highest BCUT2D eigenvalue weighted by molar-refractivity contribution is 7.81. The molecule has 108 valence electrons. The zero-order valence-corrected chi connectivity index (χ0v) is 13.2. The lowest BCUT2D eigenvalue weighted by Gasteiger charge is -2.31. The topological polar surface area (TPSA) is 55.6 Å². The van der Waals surface area contributed by atoms with Crippen molar-refractivity contribution in [2.24, 2.45) is 0 Å². The first-order valence-electron chi connectivity index (χ1n) is 6.22. The quantitative estimate of drug-likeness (QED) is 0.626. The average molecular weight is 304 g/mol. The molecule has 1 aromatic rings. The Bertz CT molecular complexity index is 401. The molecule has 0 saturated carbocycles. The average Bonchev–Trinajstić information content (AvgIpc) is 2.81. The second-order valence-electron chi connectivity index (χ2n) is 4.16. The fourth-order valence-corrected chi connectivity index (χ4v) is 2.12. The number of rotatable bonds is 6. The Labute approximate surface area is 124 Å². The SMILES string of the molecule is CCC(S)N(C(=O)OCc1conc1C)C(S)CC. The van der Waals surface area contributed by atoms with Crippen LogP contribution in [0.25, 0.3) is 0 Å². The number of hydrogen-bond acceptors (Lipinski definition) is 6. The zero-order valence-electron chi connectivity index (χ0n) is 11.4. The minimum atomic E-state index is -0.427. The zero-order chi connectivity index (χ0) is 14.4. The van der Waals surface area contributed by atoms with Gasteiger partial charge in [0.2, 0.25) is 0 Å². The number of carbonyl (C=O) groups is 1. The molecule has 0 aromatic carbocycles. The third-order valence-electron chi connectivity index (χ3n) is 2.78. The van der Waals surface area contributed by atoms with Crippen LogP contribution in [0.15, 0.2) is 10.8 Å². The first kappa shape index (κ1) is 16.2. The summed E-state index contributed by atoms with van der Waals surface area (Å²) in [5, 5.41) is 3.31. The predicted molar refractivity (Wildman–Crippen MR) is 79.4 cm³/mol. The second kappa shape index (κ2) is 7.69. The van der Waals surface area contributed by atoms with Crippen molar-refractivity contribution >= 4 is 31.4 Å². The van der Waals surface area contributed by atoms with E-state index in [2.05, 4.69) is 30.4 Å². The summed E-state index contributed by atoms with van der Waals surface area (Å²) >= 11 is 8.78. The Kier molecular flexibility index (Phi) is 6.57. The minimum absolute atomic E-state index is 0.138. The van der Waals surface area contributed by atoms with Crippen molar-refractivity contribution in [3.05, 3.63) is 17.5 Å². The van der Waals surface area contributed by atoms with Gasteiger partial charge in [-0.15, -0.1) is 0 Å². The standard InChI is InChI=1S/C12H20N2O3S2/c1-4-10(18)14(11(19)5-2)12(15)16-6-9-7-17-13-8(9)3/h7,10-11,18-19H,4-6H2,1-3H3. The van der Waals surface area contributed by atoms with Crippen LogP contribution in [0.1, 0.15) is 37.9 Å². The summed E-state index contributed by atoms with van der Waals surface area (Å²) in [6, 6.07) is 0. The van der Waals surface area contributed by atoms with E-state index in [9.17, 15) is 4.79 Å². The van der Waals surface area contributed by atoms with E-state index < -0.39 is 6.09 Å². The van der Waals surface area contributed by atoms with Gasteiger partial charge in [0.25, 0.3) is 0 Å². The summed E-state index contributed by atoms with van der Waals surface area (Å²) in [4.78, 5) is 13.6. The van der Waals surface area contributed by atoms with Gasteiger partial charge in [-0.25, -0.2) is 4.79 Å². The Hall–Kier alpha value is -0.820. The Morgan fingerprint density at radius 3 is 2.42 bits per heavy atom. The van der Waals surface area contributed by atoms with Gasteiger partial charge in [0, 0.05) is 0 Å². The molecule has 0 spiro atoms. The monoisotopic (exact) mass is 304 g/mol. The van der Waals surface area contributed by atoms with E-state index in [0.29, 0.717) is 0 Å². The Morgan fingerprint density at radius 1 is 1.42 bits per heavy atom. The summed E-state index contributed by atoms with van der Waals surface area (Å²) < 4.78 is 10.1. The number of hydrogen-bond donors (Lipinski definition) is 2. The third kappa shape index (κ3) is 4.35. The normalized spacial score (nSPS) is 13.9. The lowest BCUT2D eigenvalue weighted by Crippen LogP contribution is -2.42. The van der Waals surface area contributed by atoms with Crippen molar-refractivity contribution in [2.45, 2.75) is 51.0 Å². The maximum atomic E-state index is 12.1. The molecule has 7 heteroatoms. The van der Waals surface area contributed by atoms with Crippen LogP contribution in [-0.2, 0) is 11.3 Å². The first-order chi connectivity index (χ1) is 9.01. The summed E-state index contributed by atoms with van der Waals surface area (Å²) in [5.74, 6) is 0. The van der Waals surface area contributed by atoms with Crippen LogP contribution in [-0.4, -0.2) is 26.9 Å². The fourth-order valence-electron chi connectivity index (χ4n) is 1.50. The van der Waals surface area contributed by atoms with Gasteiger partial charge < -0.3 is 9.26 Å². The molecule has 2 unspecified atom stereocenters. The van der Waals surface area contributed by atoms with Crippen molar-refractivity contribution in [1.29, 1.82) is 0 Å². The number of carbonyl (C=O) groups excluding carboxylic acids is 1. The Morgan fingerprint density at radius 2 is 2.00 bits per heavy atom. The molecule has 0 aliphatic rings. The van der Waals surface area contributed by atoms with Gasteiger partial charge >= 0.3 is 6.09 Å². The van der Waals surface area contributed by atoms with Crippen LogP contribution >= 0.6 is 25.3 Å². The number of nitrogens with zero attached hydrogens (tertiary/aromatic N) is 2. The molecule has 0 fully saturated rings. The number of aromatic nitrogens is 1.